The lowest BCUT2D eigenvalue weighted by Crippen LogP contribution is -2.38. The zero-order valence-corrected chi connectivity index (χ0v) is 12.1. The molecule has 1 aromatic heterocycles. The fourth-order valence-electron chi connectivity index (χ4n) is 2.86. The molecule has 2 heterocycles. The van der Waals surface area contributed by atoms with Gasteiger partial charge in [-0.2, -0.15) is 0 Å². The van der Waals surface area contributed by atoms with Crippen molar-refractivity contribution in [3.8, 4) is 0 Å². The Bertz CT molecular complexity index is 634. The summed E-state index contributed by atoms with van der Waals surface area (Å²) in [6.07, 6.45) is 4.59. The Labute approximate surface area is 127 Å². The van der Waals surface area contributed by atoms with E-state index < -0.39 is 17.2 Å². The fraction of sp³-hybridized carbons (Fsp3) is 0.467. The van der Waals surface area contributed by atoms with Crippen LogP contribution in [0.2, 0.25) is 0 Å². The minimum atomic E-state index is -0.827. The third-order valence-electron chi connectivity index (χ3n) is 4.04. The van der Waals surface area contributed by atoms with Gasteiger partial charge in [0, 0.05) is 25.8 Å². The lowest BCUT2D eigenvalue weighted by molar-refractivity contribution is 0.0283. The van der Waals surface area contributed by atoms with Crippen molar-refractivity contribution in [2.24, 2.45) is 0 Å². The quantitative estimate of drug-likeness (QED) is 0.903. The van der Waals surface area contributed by atoms with Gasteiger partial charge in [0.15, 0.2) is 11.6 Å². The van der Waals surface area contributed by atoms with E-state index >= 15 is 0 Å². The summed E-state index contributed by atoms with van der Waals surface area (Å²) in [6, 6.07) is 3.97. The summed E-state index contributed by atoms with van der Waals surface area (Å²) < 4.78 is 27.7. The molecule has 3 rings (SSSR count). The van der Waals surface area contributed by atoms with Crippen LogP contribution in [0.1, 0.15) is 12.0 Å². The minimum absolute atomic E-state index is 0.411. The van der Waals surface area contributed by atoms with Crippen molar-refractivity contribution in [3.63, 3.8) is 0 Å². The Kier molecular flexibility index (Phi) is 4.17. The van der Waals surface area contributed by atoms with Crippen molar-refractivity contribution >= 4 is 0 Å². The maximum atomic E-state index is 13.2. The predicted molar refractivity (Wildman–Crippen MR) is 76.1 cm³/mol. The molecule has 118 valence electrons. The SMILES string of the molecule is OC1(Cn2ccnn2)CCN(CCc2ccc(F)c(F)c2)C1. The molecule has 1 N–H and O–H groups in total. The molecule has 0 saturated carbocycles. The molecule has 1 atom stereocenters. The lowest BCUT2D eigenvalue weighted by atomic mass is 10.0. The third kappa shape index (κ3) is 3.48. The number of β-amino-alcohol motifs (C(OH)–C–C–N with tert-alkyl or cyclic N) is 1. The van der Waals surface area contributed by atoms with E-state index in [2.05, 4.69) is 15.2 Å². The van der Waals surface area contributed by atoms with Crippen LogP contribution in [0.25, 0.3) is 0 Å². The minimum Gasteiger partial charge on any atom is -0.387 e. The summed E-state index contributed by atoms with van der Waals surface area (Å²) in [5.41, 5.74) is -0.0625. The summed E-state index contributed by atoms with van der Waals surface area (Å²) in [6.45, 7) is 2.42. The molecule has 1 unspecified atom stereocenters. The van der Waals surface area contributed by atoms with Crippen LogP contribution in [0, 0.1) is 11.6 Å². The lowest BCUT2D eigenvalue weighted by Gasteiger charge is -2.23. The number of aliphatic hydroxyl groups is 1. The van der Waals surface area contributed by atoms with Crippen LogP contribution in [0.4, 0.5) is 8.78 Å². The molecule has 2 aromatic rings. The molecule has 1 aromatic carbocycles. The van der Waals surface area contributed by atoms with Gasteiger partial charge in [0.05, 0.1) is 18.3 Å². The summed E-state index contributed by atoms with van der Waals surface area (Å²) in [5, 5.41) is 18.2. The fourth-order valence-corrected chi connectivity index (χ4v) is 2.86. The highest BCUT2D eigenvalue weighted by atomic mass is 19.2. The Morgan fingerprint density at radius 2 is 2.14 bits per heavy atom. The van der Waals surface area contributed by atoms with Gasteiger partial charge in [0.1, 0.15) is 0 Å². The van der Waals surface area contributed by atoms with Crippen LogP contribution in [-0.4, -0.2) is 50.2 Å². The second-order valence-corrected chi connectivity index (χ2v) is 5.85. The summed E-state index contributed by atoms with van der Waals surface area (Å²) in [4.78, 5) is 2.12. The monoisotopic (exact) mass is 308 g/mol. The first kappa shape index (κ1) is 15.1. The van der Waals surface area contributed by atoms with E-state index in [0.717, 1.165) is 18.2 Å². The number of hydrogen-bond donors (Lipinski definition) is 1. The standard InChI is InChI=1S/C15H18F2N4O/c16-13-2-1-12(9-14(13)17)3-6-20-7-4-15(22,10-20)11-21-8-5-18-19-21/h1-2,5,8-9,22H,3-4,6-7,10-11H2. The van der Waals surface area contributed by atoms with Crippen LogP contribution in [0.5, 0.6) is 0 Å². The normalized spacial score (nSPS) is 22.3. The molecule has 5 nitrogen and oxygen atoms in total. The van der Waals surface area contributed by atoms with Crippen molar-refractivity contribution in [2.75, 3.05) is 19.6 Å². The van der Waals surface area contributed by atoms with E-state index in [9.17, 15) is 13.9 Å². The molecule has 0 amide bonds. The van der Waals surface area contributed by atoms with Gasteiger partial charge in [0.25, 0.3) is 0 Å². The van der Waals surface area contributed by atoms with E-state index in [0.29, 0.717) is 32.5 Å². The Morgan fingerprint density at radius 3 is 2.86 bits per heavy atom. The molecular weight excluding hydrogens is 290 g/mol. The van der Waals surface area contributed by atoms with Gasteiger partial charge in [-0.05, 0) is 30.5 Å². The highest BCUT2D eigenvalue weighted by molar-refractivity contribution is 5.18. The molecule has 0 spiro atoms. The van der Waals surface area contributed by atoms with E-state index in [1.165, 1.54) is 6.07 Å². The van der Waals surface area contributed by atoms with Crippen LogP contribution < -0.4 is 0 Å². The Morgan fingerprint density at radius 1 is 1.27 bits per heavy atom. The molecule has 0 aliphatic carbocycles. The molecule has 1 saturated heterocycles. The van der Waals surface area contributed by atoms with Gasteiger partial charge >= 0.3 is 0 Å². The molecule has 22 heavy (non-hydrogen) atoms. The summed E-state index contributed by atoms with van der Waals surface area (Å²) in [5.74, 6) is -1.64. The third-order valence-corrected chi connectivity index (χ3v) is 4.04. The number of hydrogen-bond acceptors (Lipinski definition) is 4. The van der Waals surface area contributed by atoms with Crippen LogP contribution >= 0.6 is 0 Å². The maximum Gasteiger partial charge on any atom is 0.159 e. The van der Waals surface area contributed by atoms with Gasteiger partial charge in [-0.1, -0.05) is 11.3 Å². The van der Waals surface area contributed by atoms with Crippen LogP contribution in [0.15, 0.2) is 30.6 Å². The first-order valence-electron chi connectivity index (χ1n) is 7.27. The zero-order chi connectivity index (χ0) is 15.6. The molecular formula is C15H18F2N4O. The van der Waals surface area contributed by atoms with E-state index in [1.807, 2.05) is 0 Å². The molecule has 0 radical (unpaired) electrons. The van der Waals surface area contributed by atoms with E-state index in [-0.39, 0.29) is 0 Å². The number of nitrogens with zero attached hydrogens (tertiary/aromatic N) is 4. The van der Waals surface area contributed by atoms with Crippen molar-refractivity contribution < 1.29 is 13.9 Å². The molecule has 7 heteroatoms. The second kappa shape index (κ2) is 6.10. The van der Waals surface area contributed by atoms with Crippen LogP contribution in [-0.2, 0) is 13.0 Å². The smallest absolute Gasteiger partial charge is 0.159 e. The number of benzene rings is 1. The van der Waals surface area contributed by atoms with Gasteiger partial charge in [0.2, 0.25) is 0 Å². The van der Waals surface area contributed by atoms with Crippen molar-refractivity contribution in [3.05, 3.63) is 47.8 Å². The van der Waals surface area contributed by atoms with Crippen molar-refractivity contribution in [1.29, 1.82) is 0 Å². The highest BCUT2D eigenvalue weighted by Gasteiger charge is 2.36. The largest absolute Gasteiger partial charge is 0.387 e. The Hall–Kier alpha value is -1.86. The second-order valence-electron chi connectivity index (χ2n) is 5.85. The molecule has 1 aliphatic heterocycles. The van der Waals surface area contributed by atoms with Gasteiger partial charge in [-0.25, -0.2) is 13.5 Å². The first-order valence-corrected chi connectivity index (χ1v) is 7.27. The average Bonchev–Trinajstić information content (AvgIpc) is 3.10. The van der Waals surface area contributed by atoms with Crippen molar-refractivity contribution in [1.82, 2.24) is 19.9 Å². The topological polar surface area (TPSA) is 54.2 Å². The number of rotatable bonds is 5. The molecule has 1 aliphatic rings. The summed E-state index contributed by atoms with van der Waals surface area (Å²) in [7, 11) is 0. The first-order chi connectivity index (χ1) is 10.5. The van der Waals surface area contributed by atoms with Gasteiger partial charge in [-0.15, -0.1) is 5.10 Å². The Balaban J connectivity index is 1.53. The van der Waals surface area contributed by atoms with E-state index in [4.69, 9.17) is 0 Å². The molecule has 0 bridgehead atoms. The predicted octanol–water partition coefficient (Wildman–Crippen LogP) is 1.24. The van der Waals surface area contributed by atoms with Gasteiger partial charge in [-0.3, -0.25) is 4.90 Å². The molecule has 1 fully saturated rings. The van der Waals surface area contributed by atoms with Crippen LogP contribution in [0.3, 0.4) is 0 Å². The van der Waals surface area contributed by atoms with Crippen molar-refractivity contribution in [2.45, 2.75) is 25.0 Å². The average molecular weight is 308 g/mol. The zero-order valence-electron chi connectivity index (χ0n) is 12.1. The number of halogens is 2. The van der Waals surface area contributed by atoms with Gasteiger partial charge < -0.3 is 5.11 Å². The number of aromatic nitrogens is 3. The summed E-state index contributed by atoms with van der Waals surface area (Å²) >= 11 is 0. The highest BCUT2D eigenvalue weighted by Crippen LogP contribution is 2.23. The van der Waals surface area contributed by atoms with E-state index in [1.54, 1.807) is 23.1 Å². The maximum absolute atomic E-state index is 13.2. The number of likely N-dealkylation sites (tertiary alicyclic amines) is 1.